The molecule has 0 spiro atoms. The van der Waals surface area contributed by atoms with Gasteiger partial charge in [-0.15, -0.1) is 0 Å². The van der Waals surface area contributed by atoms with Crippen LogP contribution in [0.25, 0.3) is 22.0 Å². The number of anilines is 1. The van der Waals surface area contributed by atoms with Crippen LogP contribution in [0.2, 0.25) is 0 Å². The average Bonchev–Trinajstić information content (AvgIpc) is 3.42. The van der Waals surface area contributed by atoms with Crippen LogP contribution < -0.4 is 10.9 Å². The second-order valence-electron chi connectivity index (χ2n) is 7.05. The molecule has 1 aromatic carbocycles. The molecule has 8 heteroatoms. The van der Waals surface area contributed by atoms with Crippen LogP contribution in [0, 0.1) is 12.8 Å². The van der Waals surface area contributed by atoms with E-state index in [4.69, 9.17) is 0 Å². The number of H-pyrrole nitrogens is 2. The first kappa shape index (κ1) is 17.8. The molecule has 0 aliphatic heterocycles. The number of fused-ring (bicyclic) bond motifs is 1. The van der Waals surface area contributed by atoms with Crippen LogP contribution in [-0.2, 0) is 9.84 Å². The van der Waals surface area contributed by atoms with Gasteiger partial charge in [0.05, 0.1) is 27.9 Å². The van der Waals surface area contributed by atoms with Crippen molar-refractivity contribution >= 4 is 26.3 Å². The zero-order valence-corrected chi connectivity index (χ0v) is 16.1. The van der Waals surface area contributed by atoms with Crippen LogP contribution in [0.3, 0.4) is 0 Å². The van der Waals surface area contributed by atoms with Crippen molar-refractivity contribution in [3.8, 4) is 11.3 Å². The van der Waals surface area contributed by atoms with Crippen molar-refractivity contribution < 1.29 is 8.42 Å². The third-order valence-corrected chi connectivity index (χ3v) is 6.82. The van der Waals surface area contributed by atoms with Crippen molar-refractivity contribution in [3.05, 3.63) is 40.4 Å². The van der Waals surface area contributed by atoms with Crippen molar-refractivity contribution in [2.75, 3.05) is 17.6 Å². The Bertz CT molecular complexity index is 1170. The average molecular weight is 386 g/mol. The summed E-state index contributed by atoms with van der Waals surface area (Å²) in [5.41, 5.74) is 2.74. The van der Waals surface area contributed by atoms with E-state index < -0.39 is 9.84 Å². The predicted molar refractivity (Wildman–Crippen MR) is 106 cm³/mol. The molecule has 3 aromatic rings. The molecule has 2 heterocycles. The molecule has 1 fully saturated rings. The van der Waals surface area contributed by atoms with Crippen LogP contribution >= 0.6 is 0 Å². The number of sulfone groups is 1. The Morgan fingerprint density at radius 3 is 2.78 bits per heavy atom. The fourth-order valence-corrected chi connectivity index (χ4v) is 4.22. The minimum absolute atomic E-state index is 0.0347. The van der Waals surface area contributed by atoms with Gasteiger partial charge in [-0.2, -0.15) is 5.10 Å². The number of aromatic amines is 2. The van der Waals surface area contributed by atoms with Gasteiger partial charge in [-0.1, -0.05) is 6.92 Å². The summed E-state index contributed by atoms with van der Waals surface area (Å²) in [6.45, 7) is 4.31. The number of aryl methyl sites for hydroxylation is 1. The van der Waals surface area contributed by atoms with Gasteiger partial charge in [-0.25, -0.2) is 13.5 Å². The number of aromatic nitrogens is 3. The Morgan fingerprint density at radius 1 is 1.30 bits per heavy atom. The standard InChI is InChI=1S/C19H22N4O3S/c1-3-27(25,26)13-6-7-16(20-9-12-4-5-12)14(8-13)18-15-10-21-23-19(24)17(15)11(2)22-18/h6-8,10,12,20,22H,3-5,9H2,1-2H3,(H,23,24). The third-order valence-electron chi connectivity index (χ3n) is 5.09. The summed E-state index contributed by atoms with van der Waals surface area (Å²) in [4.78, 5) is 15.7. The molecule has 0 unspecified atom stereocenters. The highest BCUT2D eigenvalue weighted by Crippen LogP contribution is 2.36. The molecule has 7 nitrogen and oxygen atoms in total. The lowest BCUT2D eigenvalue weighted by atomic mass is 10.1. The maximum absolute atomic E-state index is 12.4. The van der Waals surface area contributed by atoms with Crippen LogP contribution in [-0.4, -0.2) is 35.9 Å². The Balaban J connectivity index is 1.92. The van der Waals surface area contributed by atoms with Gasteiger partial charge in [-0.3, -0.25) is 4.79 Å². The van der Waals surface area contributed by atoms with Crippen LogP contribution in [0.4, 0.5) is 5.69 Å². The van der Waals surface area contributed by atoms with Crippen LogP contribution in [0.1, 0.15) is 25.5 Å². The predicted octanol–water partition coefficient (Wildman–Crippen LogP) is 2.84. The highest BCUT2D eigenvalue weighted by atomic mass is 32.2. The number of hydrogen-bond donors (Lipinski definition) is 3. The van der Waals surface area contributed by atoms with E-state index in [1.165, 1.54) is 12.8 Å². The van der Waals surface area contributed by atoms with E-state index in [-0.39, 0.29) is 16.2 Å². The highest BCUT2D eigenvalue weighted by molar-refractivity contribution is 7.91. The number of nitrogens with one attached hydrogen (secondary N) is 3. The molecule has 0 bridgehead atoms. The number of nitrogens with zero attached hydrogens (tertiary/aromatic N) is 1. The van der Waals surface area contributed by atoms with Gasteiger partial charge < -0.3 is 10.3 Å². The quantitative estimate of drug-likeness (QED) is 0.604. The largest absolute Gasteiger partial charge is 0.384 e. The van der Waals surface area contributed by atoms with Gasteiger partial charge in [0.25, 0.3) is 5.56 Å². The topological polar surface area (TPSA) is 108 Å². The first-order chi connectivity index (χ1) is 12.9. The van der Waals surface area contributed by atoms with Gasteiger partial charge in [0.2, 0.25) is 0 Å². The van der Waals surface area contributed by atoms with E-state index >= 15 is 0 Å². The molecule has 0 amide bonds. The summed E-state index contributed by atoms with van der Waals surface area (Å²) in [6, 6.07) is 5.13. The van der Waals surface area contributed by atoms with Crippen molar-refractivity contribution in [3.63, 3.8) is 0 Å². The van der Waals surface area contributed by atoms with Gasteiger partial charge in [0, 0.05) is 28.9 Å². The Kier molecular flexibility index (Phi) is 4.30. The van der Waals surface area contributed by atoms with Crippen LogP contribution in [0.15, 0.2) is 34.1 Å². The Labute approximate surface area is 157 Å². The summed E-state index contributed by atoms with van der Waals surface area (Å²) in [5, 5.41) is 11.0. The SMILES string of the molecule is CCS(=O)(=O)c1ccc(NCC2CC2)c(-c2[nH]c(C)c3c(=O)[nH]ncc23)c1. The van der Waals surface area contributed by atoms with Gasteiger partial charge in [0.15, 0.2) is 9.84 Å². The highest BCUT2D eigenvalue weighted by Gasteiger charge is 2.23. The van der Waals surface area contributed by atoms with Gasteiger partial charge in [0.1, 0.15) is 0 Å². The Hall–Kier alpha value is -2.61. The van der Waals surface area contributed by atoms with Crippen molar-refractivity contribution in [2.24, 2.45) is 5.92 Å². The molecular weight excluding hydrogens is 364 g/mol. The molecule has 4 rings (SSSR count). The molecule has 3 N–H and O–H groups in total. The van der Waals surface area contributed by atoms with Gasteiger partial charge in [-0.05, 0) is 43.9 Å². The molecule has 0 atom stereocenters. The molecule has 1 aliphatic carbocycles. The fourth-order valence-electron chi connectivity index (χ4n) is 3.31. The molecule has 0 radical (unpaired) electrons. The van der Waals surface area contributed by atoms with Crippen molar-refractivity contribution in [2.45, 2.75) is 31.6 Å². The third kappa shape index (κ3) is 3.25. The van der Waals surface area contributed by atoms with Crippen LogP contribution in [0.5, 0.6) is 0 Å². The maximum atomic E-state index is 12.4. The molecule has 0 saturated heterocycles. The second kappa shape index (κ2) is 6.53. The summed E-state index contributed by atoms with van der Waals surface area (Å²) < 4.78 is 24.8. The fraction of sp³-hybridized carbons (Fsp3) is 0.368. The van der Waals surface area contributed by atoms with Gasteiger partial charge >= 0.3 is 0 Å². The zero-order valence-electron chi connectivity index (χ0n) is 15.3. The second-order valence-corrected chi connectivity index (χ2v) is 9.33. The molecule has 1 saturated carbocycles. The molecule has 1 aliphatic rings. The lowest BCUT2D eigenvalue weighted by Crippen LogP contribution is -2.08. The van der Waals surface area contributed by atoms with E-state index in [0.29, 0.717) is 22.4 Å². The van der Waals surface area contributed by atoms with Crippen molar-refractivity contribution in [1.82, 2.24) is 15.2 Å². The molecule has 142 valence electrons. The summed E-state index contributed by atoms with van der Waals surface area (Å²) in [6.07, 6.45) is 4.03. The first-order valence-corrected chi connectivity index (χ1v) is 10.7. The summed E-state index contributed by atoms with van der Waals surface area (Å²) in [7, 11) is -3.34. The summed E-state index contributed by atoms with van der Waals surface area (Å²) in [5.74, 6) is 0.705. The normalized spacial score (nSPS) is 14.6. The number of benzene rings is 1. The van der Waals surface area contributed by atoms with Crippen molar-refractivity contribution in [1.29, 1.82) is 0 Å². The Morgan fingerprint density at radius 2 is 2.07 bits per heavy atom. The molecular formula is C19H22N4O3S. The minimum Gasteiger partial charge on any atom is -0.384 e. The number of hydrogen-bond acceptors (Lipinski definition) is 5. The monoisotopic (exact) mass is 386 g/mol. The first-order valence-electron chi connectivity index (χ1n) is 9.07. The maximum Gasteiger partial charge on any atom is 0.273 e. The smallest absolute Gasteiger partial charge is 0.273 e. The molecule has 27 heavy (non-hydrogen) atoms. The molecule has 2 aromatic heterocycles. The van der Waals surface area contributed by atoms with E-state index in [1.807, 2.05) is 13.0 Å². The lowest BCUT2D eigenvalue weighted by Gasteiger charge is -2.13. The van der Waals surface area contributed by atoms with E-state index in [1.54, 1.807) is 25.3 Å². The zero-order chi connectivity index (χ0) is 19.2. The summed E-state index contributed by atoms with van der Waals surface area (Å²) >= 11 is 0. The van der Waals surface area contributed by atoms with E-state index in [9.17, 15) is 13.2 Å². The minimum atomic E-state index is -3.34. The van der Waals surface area contributed by atoms with E-state index in [2.05, 4.69) is 20.5 Å². The van der Waals surface area contributed by atoms with E-state index in [0.717, 1.165) is 23.5 Å². The lowest BCUT2D eigenvalue weighted by molar-refractivity contribution is 0.597. The number of rotatable bonds is 6.